The molecule has 194 valence electrons. The van der Waals surface area contributed by atoms with E-state index in [0.717, 1.165) is 69.9 Å². The molecule has 0 spiro atoms. The van der Waals surface area contributed by atoms with Crippen LogP contribution in [0.25, 0.3) is 11.3 Å². The Hall–Kier alpha value is -3.26. The predicted molar refractivity (Wildman–Crippen MR) is 151 cm³/mol. The molecule has 2 N–H and O–H groups in total. The zero-order chi connectivity index (χ0) is 25.5. The largest absolute Gasteiger partial charge is 0.369 e. The molecular formula is C30H38N6O. The van der Waals surface area contributed by atoms with E-state index in [9.17, 15) is 4.79 Å². The molecule has 2 aliphatic heterocycles. The molecule has 0 atom stereocenters. The smallest absolute Gasteiger partial charge is 0.239 e. The molecule has 7 nitrogen and oxygen atoms in total. The Labute approximate surface area is 220 Å². The first-order valence-electron chi connectivity index (χ1n) is 13.4. The number of hydrogen-bond donors (Lipinski definition) is 2. The van der Waals surface area contributed by atoms with E-state index in [4.69, 9.17) is 4.98 Å². The zero-order valence-corrected chi connectivity index (χ0v) is 21.8. The van der Waals surface area contributed by atoms with E-state index in [-0.39, 0.29) is 5.91 Å². The molecule has 2 saturated heterocycles. The summed E-state index contributed by atoms with van der Waals surface area (Å²) in [6.07, 6.45) is 2.11. The number of likely N-dealkylation sites (N-methyl/N-ethyl adjacent to an activating group) is 1. The number of nitrogens with zero attached hydrogens (tertiary/aromatic N) is 4. The lowest BCUT2D eigenvalue weighted by molar-refractivity contribution is -0.115. The Morgan fingerprint density at radius 1 is 0.865 bits per heavy atom. The van der Waals surface area contributed by atoms with Gasteiger partial charge < -0.3 is 20.4 Å². The summed E-state index contributed by atoms with van der Waals surface area (Å²) < 4.78 is 0. The van der Waals surface area contributed by atoms with Crippen molar-refractivity contribution in [3.8, 4) is 11.3 Å². The molecular weight excluding hydrogens is 460 g/mol. The second-order valence-corrected chi connectivity index (χ2v) is 10.2. The first-order chi connectivity index (χ1) is 18.1. The van der Waals surface area contributed by atoms with Crippen molar-refractivity contribution >= 4 is 17.4 Å². The van der Waals surface area contributed by atoms with Gasteiger partial charge in [-0.1, -0.05) is 48.5 Å². The topological polar surface area (TPSA) is 63.7 Å². The third-order valence-electron chi connectivity index (χ3n) is 7.44. The summed E-state index contributed by atoms with van der Waals surface area (Å²) in [4.78, 5) is 24.6. The number of nitrogens with one attached hydrogen (secondary N) is 2. The first-order valence-corrected chi connectivity index (χ1v) is 13.4. The third kappa shape index (κ3) is 7.16. The van der Waals surface area contributed by atoms with Crippen molar-refractivity contribution in [3.05, 3.63) is 78.4 Å². The summed E-state index contributed by atoms with van der Waals surface area (Å²) in [6.45, 7) is 7.67. The minimum Gasteiger partial charge on any atom is -0.369 e. The average molecular weight is 499 g/mol. The van der Waals surface area contributed by atoms with Gasteiger partial charge in [0.15, 0.2) is 0 Å². The number of pyridine rings is 1. The molecule has 37 heavy (non-hydrogen) atoms. The number of aromatic nitrogens is 1. The zero-order valence-electron chi connectivity index (χ0n) is 21.8. The maximum atomic E-state index is 12.6. The molecule has 3 heterocycles. The van der Waals surface area contributed by atoms with Gasteiger partial charge in [-0.05, 0) is 62.8 Å². The van der Waals surface area contributed by atoms with E-state index in [0.29, 0.717) is 18.4 Å². The molecule has 2 aliphatic rings. The van der Waals surface area contributed by atoms with Crippen molar-refractivity contribution in [1.29, 1.82) is 0 Å². The van der Waals surface area contributed by atoms with Gasteiger partial charge in [-0.3, -0.25) is 9.69 Å². The van der Waals surface area contributed by atoms with Gasteiger partial charge in [0.1, 0.15) is 5.82 Å². The Kier molecular flexibility index (Phi) is 8.46. The lowest BCUT2D eigenvalue weighted by Crippen LogP contribution is -2.44. The van der Waals surface area contributed by atoms with Crippen LogP contribution < -0.4 is 15.5 Å². The molecule has 5 rings (SSSR count). The summed E-state index contributed by atoms with van der Waals surface area (Å²) >= 11 is 0. The molecule has 0 radical (unpaired) electrons. The maximum absolute atomic E-state index is 12.6. The van der Waals surface area contributed by atoms with Crippen molar-refractivity contribution in [2.45, 2.75) is 25.4 Å². The lowest BCUT2D eigenvalue weighted by Gasteiger charge is -2.34. The average Bonchev–Trinajstić information content (AvgIpc) is 2.94. The van der Waals surface area contributed by atoms with E-state index < -0.39 is 0 Å². The maximum Gasteiger partial charge on any atom is 0.239 e. The lowest BCUT2D eigenvalue weighted by atomic mass is 10.0. The van der Waals surface area contributed by atoms with Gasteiger partial charge in [0.25, 0.3) is 0 Å². The normalized spacial score (nSPS) is 17.6. The fraction of sp³-hybridized carbons (Fsp3) is 0.400. The van der Waals surface area contributed by atoms with Crippen molar-refractivity contribution in [2.24, 2.45) is 0 Å². The van der Waals surface area contributed by atoms with Crippen molar-refractivity contribution in [1.82, 2.24) is 20.1 Å². The Morgan fingerprint density at radius 3 is 2.32 bits per heavy atom. The van der Waals surface area contributed by atoms with Gasteiger partial charge in [0.2, 0.25) is 5.91 Å². The van der Waals surface area contributed by atoms with E-state index >= 15 is 0 Å². The number of rotatable bonds is 8. The van der Waals surface area contributed by atoms with Crippen LogP contribution in [0.1, 0.15) is 18.4 Å². The predicted octanol–water partition coefficient (Wildman–Crippen LogP) is 3.69. The van der Waals surface area contributed by atoms with Crippen LogP contribution in [0, 0.1) is 0 Å². The number of hydrogen-bond acceptors (Lipinski definition) is 6. The highest BCUT2D eigenvalue weighted by atomic mass is 16.2. The number of amides is 1. The molecule has 1 aromatic heterocycles. The summed E-state index contributed by atoms with van der Waals surface area (Å²) in [5, 5.41) is 6.40. The second-order valence-electron chi connectivity index (χ2n) is 10.2. The number of anilines is 2. The van der Waals surface area contributed by atoms with Gasteiger partial charge in [-0.25, -0.2) is 4.98 Å². The van der Waals surface area contributed by atoms with Crippen LogP contribution >= 0.6 is 0 Å². The number of carbonyl (C=O) groups is 1. The van der Waals surface area contributed by atoms with Crippen LogP contribution in [0.5, 0.6) is 0 Å². The standard InChI is InChI=1S/C30H38N6O/c1-34-18-20-36(21-19-34)27-12-10-25(11-13-27)28-8-5-9-29(32-28)33-30(37)22-31-26-14-16-35(17-15-26)23-24-6-3-2-4-7-24/h2-13,26,31H,14-23H2,1H3,(H,32,33,37). The monoisotopic (exact) mass is 498 g/mol. The summed E-state index contributed by atoms with van der Waals surface area (Å²) in [7, 11) is 2.17. The molecule has 3 aromatic rings. The fourth-order valence-electron chi connectivity index (χ4n) is 5.13. The first kappa shape index (κ1) is 25.4. The number of likely N-dealkylation sites (tertiary alicyclic amines) is 1. The number of piperazine rings is 1. The molecule has 7 heteroatoms. The van der Waals surface area contributed by atoms with Gasteiger partial charge >= 0.3 is 0 Å². The van der Waals surface area contributed by atoms with E-state index in [2.05, 4.69) is 87.0 Å². The van der Waals surface area contributed by atoms with Crippen LogP contribution in [0.15, 0.2) is 72.8 Å². The quantitative estimate of drug-likeness (QED) is 0.494. The van der Waals surface area contributed by atoms with Gasteiger partial charge in [-0.15, -0.1) is 0 Å². The van der Waals surface area contributed by atoms with Gasteiger partial charge in [0, 0.05) is 50.0 Å². The molecule has 0 unspecified atom stereocenters. The van der Waals surface area contributed by atoms with Gasteiger partial charge in [0.05, 0.1) is 12.2 Å². The third-order valence-corrected chi connectivity index (χ3v) is 7.44. The van der Waals surface area contributed by atoms with Gasteiger partial charge in [-0.2, -0.15) is 0 Å². The van der Waals surface area contributed by atoms with Crippen LogP contribution in [-0.4, -0.2) is 79.6 Å². The number of piperidine rings is 1. The minimum absolute atomic E-state index is 0.0539. The van der Waals surface area contributed by atoms with E-state index in [1.165, 1.54) is 11.3 Å². The molecule has 1 amide bonds. The Balaban J connectivity index is 1.08. The van der Waals surface area contributed by atoms with Crippen LogP contribution in [0.4, 0.5) is 11.5 Å². The van der Waals surface area contributed by atoms with E-state index in [1.54, 1.807) is 0 Å². The Morgan fingerprint density at radius 2 is 1.59 bits per heavy atom. The highest BCUT2D eigenvalue weighted by molar-refractivity contribution is 5.91. The summed E-state index contributed by atoms with van der Waals surface area (Å²) in [5.74, 6) is 0.534. The van der Waals surface area contributed by atoms with E-state index in [1.807, 2.05) is 18.2 Å². The fourth-order valence-corrected chi connectivity index (χ4v) is 5.13. The Bertz CT molecular complexity index is 1140. The van der Waals surface area contributed by atoms with Crippen molar-refractivity contribution < 1.29 is 4.79 Å². The van der Waals surface area contributed by atoms with Crippen LogP contribution in [0.3, 0.4) is 0 Å². The summed E-state index contributed by atoms with van der Waals surface area (Å²) in [5.41, 5.74) is 4.52. The number of carbonyl (C=O) groups excluding carboxylic acids is 1. The van der Waals surface area contributed by atoms with Crippen molar-refractivity contribution in [2.75, 3.05) is 63.1 Å². The van der Waals surface area contributed by atoms with Crippen LogP contribution in [0.2, 0.25) is 0 Å². The minimum atomic E-state index is -0.0539. The molecule has 0 aliphatic carbocycles. The highest BCUT2D eigenvalue weighted by Gasteiger charge is 2.20. The molecule has 2 aromatic carbocycles. The van der Waals surface area contributed by atoms with Crippen LogP contribution in [-0.2, 0) is 11.3 Å². The molecule has 2 fully saturated rings. The summed E-state index contributed by atoms with van der Waals surface area (Å²) in [6, 6.07) is 25.3. The highest BCUT2D eigenvalue weighted by Crippen LogP contribution is 2.24. The molecule has 0 saturated carbocycles. The second kappa shape index (κ2) is 12.3. The number of benzene rings is 2. The van der Waals surface area contributed by atoms with Crippen molar-refractivity contribution in [3.63, 3.8) is 0 Å². The molecule has 0 bridgehead atoms. The SMILES string of the molecule is CN1CCN(c2ccc(-c3cccc(NC(=O)CNC4CCN(Cc5ccccc5)CC4)n3)cc2)CC1.